The van der Waals surface area contributed by atoms with Crippen molar-refractivity contribution in [3.05, 3.63) is 54.3 Å². The average molecular weight is 423 g/mol. The summed E-state index contributed by atoms with van der Waals surface area (Å²) in [6.07, 6.45) is -0.890. The van der Waals surface area contributed by atoms with Crippen molar-refractivity contribution in [1.82, 2.24) is 19.7 Å². The summed E-state index contributed by atoms with van der Waals surface area (Å²) < 4.78 is 46.8. The summed E-state index contributed by atoms with van der Waals surface area (Å²) in [6, 6.07) is 10.7. The van der Waals surface area contributed by atoms with Crippen molar-refractivity contribution < 1.29 is 17.6 Å². The van der Waals surface area contributed by atoms with E-state index in [-0.39, 0.29) is 25.1 Å². The van der Waals surface area contributed by atoms with Gasteiger partial charge in [-0.15, -0.1) is 0 Å². The number of halogens is 3. The van der Waals surface area contributed by atoms with Crippen LogP contribution in [0.5, 0.6) is 0 Å². The number of pyridine rings is 1. The van der Waals surface area contributed by atoms with Crippen molar-refractivity contribution >= 4 is 11.1 Å². The number of rotatable bonds is 4. The van der Waals surface area contributed by atoms with E-state index in [9.17, 15) is 18.4 Å². The van der Waals surface area contributed by atoms with Gasteiger partial charge < -0.3 is 4.42 Å². The van der Waals surface area contributed by atoms with Gasteiger partial charge in [0.25, 0.3) is 0 Å². The summed E-state index contributed by atoms with van der Waals surface area (Å²) in [5, 5.41) is 13.5. The Hall–Kier alpha value is -3.67. The Balaban J connectivity index is 1.56. The number of nitriles is 1. The number of oxazole rings is 1. The van der Waals surface area contributed by atoms with Gasteiger partial charge in [0.05, 0.1) is 23.9 Å². The van der Waals surface area contributed by atoms with Crippen LogP contribution in [0.3, 0.4) is 0 Å². The summed E-state index contributed by atoms with van der Waals surface area (Å²) in [4.78, 5) is 8.79. The van der Waals surface area contributed by atoms with Crippen molar-refractivity contribution in [3.63, 3.8) is 0 Å². The van der Waals surface area contributed by atoms with Crippen molar-refractivity contribution in [2.24, 2.45) is 5.41 Å². The van der Waals surface area contributed by atoms with E-state index in [2.05, 4.69) is 15.1 Å². The first-order chi connectivity index (χ1) is 14.8. The number of fused-ring (bicyclic) bond motifs is 1. The maximum Gasteiger partial charge on any atom is 0.396 e. The SMILES string of the molecule is Cc1nc2cc(-c3nc(C#N)ccc3-c3cnn(CC4(C(F)(F)F)CC4)c3)ccc2o1. The zero-order valence-corrected chi connectivity index (χ0v) is 16.4. The molecule has 6 nitrogen and oxygen atoms in total. The van der Waals surface area contributed by atoms with Crippen LogP contribution >= 0.6 is 0 Å². The summed E-state index contributed by atoms with van der Waals surface area (Å²) in [5.74, 6) is 0.533. The van der Waals surface area contributed by atoms with Gasteiger partial charge in [0, 0.05) is 29.8 Å². The molecular formula is C22H16F3N5O. The van der Waals surface area contributed by atoms with E-state index in [1.54, 1.807) is 31.3 Å². The number of nitrogens with zero attached hydrogens (tertiary/aromatic N) is 5. The van der Waals surface area contributed by atoms with E-state index in [0.29, 0.717) is 33.8 Å². The maximum atomic E-state index is 13.3. The van der Waals surface area contributed by atoms with Crippen LogP contribution in [0.4, 0.5) is 13.2 Å². The molecule has 1 saturated carbocycles. The Labute approximate surface area is 175 Å². The molecule has 0 amide bonds. The molecule has 0 N–H and O–H groups in total. The highest BCUT2D eigenvalue weighted by atomic mass is 19.4. The summed E-state index contributed by atoms with van der Waals surface area (Å²) in [6.45, 7) is 1.54. The predicted octanol–water partition coefficient (Wildman–Crippen LogP) is 5.28. The topological polar surface area (TPSA) is 80.5 Å². The molecule has 0 saturated heterocycles. The lowest BCUT2D eigenvalue weighted by atomic mass is 10.0. The van der Waals surface area contributed by atoms with Crippen LogP contribution < -0.4 is 0 Å². The van der Waals surface area contributed by atoms with Crippen LogP contribution in [-0.2, 0) is 6.54 Å². The van der Waals surface area contributed by atoms with Crippen molar-refractivity contribution in [3.8, 4) is 28.5 Å². The number of hydrogen-bond donors (Lipinski definition) is 0. The van der Waals surface area contributed by atoms with Gasteiger partial charge in [-0.1, -0.05) is 0 Å². The smallest absolute Gasteiger partial charge is 0.396 e. The minimum Gasteiger partial charge on any atom is -0.441 e. The highest BCUT2D eigenvalue weighted by Gasteiger charge is 2.63. The molecule has 156 valence electrons. The maximum absolute atomic E-state index is 13.3. The molecular weight excluding hydrogens is 407 g/mol. The lowest BCUT2D eigenvalue weighted by Crippen LogP contribution is -2.29. The fraction of sp³-hybridized carbons (Fsp3) is 0.273. The van der Waals surface area contributed by atoms with E-state index in [4.69, 9.17) is 4.42 Å². The van der Waals surface area contributed by atoms with E-state index < -0.39 is 11.6 Å². The highest BCUT2D eigenvalue weighted by molar-refractivity contribution is 5.86. The Morgan fingerprint density at radius 3 is 2.68 bits per heavy atom. The van der Waals surface area contributed by atoms with Crippen LogP contribution in [0.1, 0.15) is 24.4 Å². The van der Waals surface area contributed by atoms with Crippen molar-refractivity contribution in [2.75, 3.05) is 0 Å². The molecule has 5 rings (SSSR count). The van der Waals surface area contributed by atoms with E-state index in [1.165, 1.54) is 10.9 Å². The molecule has 1 fully saturated rings. The molecule has 0 atom stereocenters. The fourth-order valence-corrected chi connectivity index (χ4v) is 3.75. The number of aromatic nitrogens is 4. The molecule has 3 heterocycles. The Bertz CT molecular complexity index is 1340. The lowest BCUT2D eigenvalue weighted by molar-refractivity contribution is -0.191. The fourth-order valence-electron chi connectivity index (χ4n) is 3.75. The highest BCUT2D eigenvalue weighted by Crippen LogP contribution is 2.58. The molecule has 4 aromatic rings. The quantitative estimate of drug-likeness (QED) is 0.446. The first-order valence-electron chi connectivity index (χ1n) is 9.66. The Morgan fingerprint density at radius 1 is 1.16 bits per heavy atom. The molecule has 3 aromatic heterocycles. The molecule has 0 bridgehead atoms. The zero-order chi connectivity index (χ0) is 21.8. The molecule has 0 aliphatic heterocycles. The third kappa shape index (κ3) is 3.34. The van der Waals surface area contributed by atoms with Gasteiger partial charge in [-0.2, -0.15) is 23.5 Å². The zero-order valence-electron chi connectivity index (χ0n) is 16.4. The number of hydrogen-bond acceptors (Lipinski definition) is 5. The van der Waals surface area contributed by atoms with Gasteiger partial charge in [0.2, 0.25) is 0 Å². The summed E-state index contributed by atoms with van der Waals surface area (Å²) in [5.41, 5.74) is 2.38. The van der Waals surface area contributed by atoms with Crippen LogP contribution in [-0.4, -0.2) is 25.9 Å². The minimum atomic E-state index is -4.24. The summed E-state index contributed by atoms with van der Waals surface area (Å²) in [7, 11) is 0. The van der Waals surface area contributed by atoms with Crippen molar-refractivity contribution in [1.29, 1.82) is 5.26 Å². The standard InChI is InChI=1S/C22H16F3N5O/c1-13-28-18-8-14(2-5-19(18)31-13)20-17(4-3-16(9-26)29-20)15-10-27-30(11-15)12-21(6-7-21)22(23,24)25/h2-5,8,10-11H,6-7,12H2,1H3. The molecule has 0 radical (unpaired) electrons. The second kappa shape index (κ2) is 6.67. The van der Waals surface area contributed by atoms with Crippen LogP contribution in [0.2, 0.25) is 0 Å². The second-order valence-electron chi connectivity index (χ2n) is 7.82. The Kier molecular flexibility index (Phi) is 4.15. The second-order valence-corrected chi connectivity index (χ2v) is 7.82. The first kappa shape index (κ1) is 19.3. The van der Waals surface area contributed by atoms with Gasteiger partial charge in [-0.25, -0.2) is 9.97 Å². The van der Waals surface area contributed by atoms with Gasteiger partial charge in [-0.05, 0) is 43.2 Å². The average Bonchev–Trinajstić information content (AvgIpc) is 3.22. The molecule has 1 aliphatic rings. The molecule has 1 aromatic carbocycles. The van der Waals surface area contributed by atoms with Gasteiger partial charge in [0.15, 0.2) is 11.5 Å². The van der Waals surface area contributed by atoms with Crippen LogP contribution in [0.25, 0.3) is 33.5 Å². The predicted molar refractivity (Wildman–Crippen MR) is 106 cm³/mol. The normalized spacial score (nSPS) is 15.2. The molecule has 31 heavy (non-hydrogen) atoms. The van der Waals surface area contributed by atoms with E-state index in [1.807, 2.05) is 18.2 Å². The lowest BCUT2D eigenvalue weighted by Gasteiger charge is -2.18. The number of aryl methyl sites for hydroxylation is 1. The van der Waals surface area contributed by atoms with Gasteiger partial charge in [-0.3, -0.25) is 4.68 Å². The number of alkyl halides is 3. The van der Waals surface area contributed by atoms with Crippen LogP contribution in [0, 0.1) is 23.7 Å². The van der Waals surface area contributed by atoms with E-state index >= 15 is 0 Å². The minimum absolute atomic E-state index is 0.118. The molecule has 0 unspecified atom stereocenters. The monoisotopic (exact) mass is 423 g/mol. The van der Waals surface area contributed by atoms with Crippen LogP contribution in [0.15, 0.2) is 47.1 Å². The first-order valence-corrected chi connectivity index (χ1v) is 9.66. The largest absolute Gasteiger partial charge is 0.441 e. The Morgan fingerprint density at radius 2 is 1.97 bits per heavy atom. The van der Waals surface area contributed by atoms with Gasteiger partial charge >= 0.3 is 6.18 Å². The van der Waals surface area contributed by atoms with Gasteiger partial charge in [0.1, 0.15) is 17.3 Å². The molecule has 9 heteroatoms. The molecule has 0 spiro atoms. The van der Waals surface area contributed by atoms with E-state index in [0.717, 1.165) is 5.56 Å². The van der Waals surface area contributed by atoms with Crippen molar-refractivity contribution in [2.45, 2.75) is 32.5 Å². The molecule has 1 aliphatic carbocycles. The third-order valence-corrected chi connectivity index (χ3v) is 5.64. The number of benzene rings is 1. The third-order valence-electron chi connectivity index (χ3n) is 5.64. The summed E-state index contributed by atoms with van der Waals surface area (Å²) >= 11 is 0.